The molecule has 0 saturated heterocycles. The maximum Gasteiger partial charge on any atom is 0.233 e. The van der Waals surface area contributed by atoms with Gasteiger partial charge in [-0.25, -0.2) is 0 Å². The highest BCUT2D eigenvalue weighted by atomic mass is 35.5. The first-order valence-corrected chi connectivity index (χ1v) is 7.80. The van der Waals surface area contributed by atoms with Gasteiger partial charge in [-0.3, -0.25) is 4.79 Å². The van der Waals surface area contributed by atoms with Gasteiger partial charge in [0.1, 0.15) is 0 Å². The number of amides is 1. The number of hydrogen-bond donors (Lipinski definition) is 2. The van der Waals surface area contributed by atoms with Gasteiger partial charge in [0.2, 0.25) is 5.91 Å². The Balaban J connectivity index is 2.15. The van der Waals surface area contributed by atoms with Crippen molar-refractivity contribution in [3.8, 4) is 0 Å². The minimum atomic E-state index is 0.0200. The smallest absolute Gasteiger partial charge is 0.233 e. The molecule has 0 unspecified atom stereocenters. The molecule has 1 aromatic rings. The Morgan fingerprint density at radius 2 is 2.00 bits per heavy atom. The molecule has 1 aromatic carbocycles. The molecule has 0 aliphatic carbocycles. The van der Waals surface area contributed by atoms with Gasteiger partial charge in [0, 0.05) is 16.6 Å². The zero-order chi connectivity index (χ0) is 14.8. The minimum Gasteiger partial charge on any atom is -0.355 e. The molecule has 0 saturated carbocycles. The summed E-state index contributed by atoms with van der Waals surface area (Å²) in [5, 5.41) is 7.27. The Labute approximate surface area is 131 Å². The number of carbonyl (C=O) groups is 1. The summed E-state index contributed by atoms with van der Waals surface area (Å²) in [6.45, 7) is 4.01. The van der Waals surface area contributed by atoms with Crippen LogP contribution in [0.25, 0.3) is 0 Å². The van der Waals surface area contributed by atoms with Gasteiger partial charge in [-0.05, 0) is 37.1 Å². The molecule has 1 rings (SSSR count). The number of rotatable bonds is 9. The molecule has 0 heterocycles. The number of hydrogen-bond acceptors (Lipinski definition) is 2. The lowest BCUT2D eigenvalue weighted by atomic mass is 10.1. The Bertz CT molecular complexity index is 424. The molecule has 0 radical (unpaired) electrons. The minimum absolute atomic E-state index is 0.0200. The van der Waals surface area contributed by atoms with Gasteiger partial charge in [0.25, 0.3) is 0 Å². The third-order valence-corrected chi connectivity index (χ3v) is 3.56. The predicted octanol–water partition coefficient (Wildman–Crippen LogP) is 3.43. The molecule has 1 amide bonds. The SMILES string of the molecule is CCCCCNCC(=O)NCCc1ccc(Cl)cc1Cl. The van der Waals surface area contributed by atoms with E-state index in [9.17, 15) is 4.79 Å². The summed E-state index contributed by atoms with van der Waals surface area (Å²) in [4.78, 5) is 11.6. The molecule has 0 fully saturated rings. The van der Waals surface area contributed by atoms with E-state index in [4.69, 9.17) is 23.2 Å². The van der Waals surface area contributed by atoms with Crippen LogP contribution in [0.4, 0.5) is 0 Å². The van der Waals surface area contributed by atoms with Gasteiger partial charge in [-0.1, -0.05) is 49.0 Å². The number of benzene rings is 1. The molecule has 0 aromatic heterocycles. The first kappa shape index (κ1) is 17.3. The van der Waals surface area contributed by atoms with E-state index >= 15 is 0 Å². The summed E-state index contributed by atoms with van der Waals surface area (Å²) in [7, 11) is 0. The molecule has 0 aliphatic rings. The second-order valence-corrected chi connectivity index (χ2v) is 5.56. The van der Waals surface area contributed by atoms with E-state index in [0.29, 0.717) is 29.6 Å². The first-order chi connectivity index (χ1) is 9.63. The highest BCUT2D eigenvalue weighted by Gasteiger charge is 2.03. The average molecular weight is 317 g/mol. The summed E-state index contributed by atoms with van der Waals surface area (Å²) >= 11 is 11.9. The topological polar surface area (TPSA) is 41.1 Å². The van der Waals surface area contributed by atoms with Crippen LogP contribution in [0.3, 0.4) is 0 Å². The number of halogens is 2. The lowest BCUT2D eigenvalue weighted by Crippen LogP contribution is -2.35. The fourth-order valence-electron chi connectivity index (χ4n) is 1.83. The number of nitrogens with one attached hydrogen (secondary N) is 2. The molecule has 0 atom stereocenters. The van der Waals surface area contributed by atoms with Crippen molar-refractivity contribution in [1.82, 2.24) is 10.6 Å². The van der Waals surface area contributed by atoms with Crippen molar-refractivity contribution in [2.75, 3.05) is 19.6 Å². The fraction of sp³-hybridized carbons (Fsp3) is 0.533. The highest BCUT2D eigenvalue weighted by Crippen LogP contribution is 2.20. The lowest BCUT2D eigenvalue weighted by Gasteiger charge is -2.08. The van der Waals surface area contributed by atoms with Crippen LogP contribution >= 0.6 is 23.2 Å². The van der Waals surface area contributed by atoms with Crippen LogP contribution in [-0.2, 0) is 11.2 Å². The molecule has 112 valence electrons. The molecule has 3 nitrogen and oxygen atoms in total. The van der Waals surface area contributed by atoms with Gasteiger partial charge < -0.3 is 10.6 Å². The van der Waals surface area contributed by atoms with Crippen molar-refractivity contribution in [3.63, 3.8) is 0 Å². The zero-order valence-electron chi connectivity index (χ0n) is 11.8. The Morgan fingerprint density at radius 1 is 1.20 bits per heavy atom. The van der Waals surface area contributed by atoms with Crippen LogP contribution in [0.5, 0.6) is 0 Å². The monoisotopic (exact) mass is 316 g/mol. The molecule has 0 spiro atoms. The quantitative estimate of drug-likeness (QED) is 0.685. The van der Waals surface area contributed by atoms with Crippen LogP contribution in [0.2, 0.25) is 10.0 Å². The van der Waals surface area contributed by atoms with Gasteiger partial charge in [0.15, 0.2) is 0 Å². The van der Waals surface area contributed by atoms with Gasteiger partial charge in [-0.2, -0.15) is 0 Å². The number of carbonyl (C=O) groups excluding carboxylic acids is 1. The van der Waals surface area contributed by atoms with Crippen molar-refractivity contribution in [3.05, 3.63) is 33.8 Å². The van der Waals surface area contributed by atoms with Crippen molar-refractivity contribution in [2.24, 2.45) is 0 Å². The zero-order valence-corrected chi connectivity index (χ0v) is 13.4. The lowest BCUT2D eigenvalue weighted by molar-refractivity contribution is -0.120. The maximum atomic E-state index is 11.6. The largest absolute Gasteiger partial charge is 0.355 e. The van der Waals surface area contributed by atoms with Gasteiger partial charge >= 0.3 is 0 Å². The molecule has 0 bridgehead atoms. The van der Waals surface area contributed by atoms with Crippen LogP contribution in [0.15, 0.2) is 18.2 Å². The van der Waals surface area contributed by atoms with Crippen molar-refractivity contribution in [2.45, 2.75) is 32.6 Å². The van der Waals surface area contributed by atoms with Crippen LogP contribution in [-0.4, -0.2) is 25.5 Å². The normalized spacial score (nSPS) is 10.6. The van der Waals surface area contributed by atoms with E-state index in [0.717, 1.165) is 18.5 Å². The second-order valence-electron chi connectivity index (χ2n) is 4.72. The van der Waals surface area contributed by atoms with Crippen LogP contribution in [0, 0.1) is 0 Å². The molecular weight excluding hydrogens is 295 g/mol. The average Bonchev–Trinajstić information content (AvgIpc) is 2.41. The summed E-state index contributed by atoms with van der Waals surface area (Å²) in [5.41, 5.74) is 0.993. The van der Waals surface area contributed by atoms with E-state index in [1.54, 1.807) is 12.1 Å². The van der Waals surface area contributed by atoms with Gasteiger partial charge in [0.05, 0.1) is 6.54 Å². The van der Waals surface area contributed by atoms with Crippen molar-refractivity contribution in [1.29, 1.82) is 0 Å². The second kappa shape index (κ2) is 10.0. The molecule has 2 N–H and O–H groups in total. The van der Waals surface area contributed by atoms with E-state index < -0.39 is 0 Å². The fourth-order valence-corrected chi connectivity index (χ4v) is 2.33. The summed E-state index contributed by atoms with van der Waals surface area (Å²) < 4.78 is 0. The third-order valence-electron chi connectivity index (χ3n) is 2.97. The maximum absolute atomic E-state index is 11.6. The summed E-state index contributed by atoms with van der Waals surface area (Å²) in [5.74, 6) is 0.0200. The Morgan fingerprint density at radius 3 is 2.70 bits per heavy atom. The van der Waals surface area contributed by atoms with Gasteiger partial charge in [-0.15, -0.1) is 0 Å². The summed E-state index contributed by atoms with van der Waals surface area (Å²) in [6.07, 6.45) is 4.21. The molecular formula is C15H22Cl2N2O. The Kier molecular flexibility index (Phi) is 8.67. The van der Waals surface area contributed by atoms with Crippen molar-refractivity contribution >= 4 is 29.1 Å². The summed E-state index contributed by atoms with van der Waals surface area (Å²) in [6, 6.07) is 5.41. The Hall–Kier alpha value is -0.770. The number of unbranched alkanes of at least 4 members (excludes halogenated alkanes) is 2. The van der Waals surface area contributed by atoms with E-state index in [2.05, 4.69) is 17.6 Å². The standard InChI is InChI=1S/C15H22Cl2N2O/c1-2-3-4-8-18-11-15(20)19-9-7-12-5-6-13(16)10-14(12)17/h5-6,10,18H,2-4,7-9,11H2,1H3,(H,19,20). The van der Waals surface area contributed by atoms with Crippen LogP contribution < -0.4 is 10.6 Å². The highest BCUT2D eigenvalue weighted by molar-refractivity contribution is 6.35. The van der Waals surface area contributed by atoms with E-state index in [1.807, 2.05) is 6.07 Å². The molecule has 20 heavy (non-hydrogen) atoms. The van der Waals surface area contributed by atoms with Crippen molar-refractivity contribution < 1.29 is 4.79 Å². The molecule has 5 heteroatoms. The molecule has 0 aliphatic heterocycles. The van der Waals surface area contributed by atoms with E-state index in [1.165, 1.54) is 12.8 Å². The van der Waals surface area contributed by atoms with Crippen LogP contribution in [0.1, 0.15) is 31.7 Å². The predicted molar refractivity (Wildman–Crippen MR) is 85.6 cm³/mol. The van der Waals surface area contributed by atoms with E-state index in [-0.39, 0.29) is 5.91 Å². The third kappa shape index (κ3) is 7.13. The first-order valence-electron chi connectivity index (χ1n) is 7.04.